The lowest BCUT2D eigenvalue weighted by Crippen LogP contribution is -2.37. The van der Waals surface area contributed by atoms with Gasteiger partial charge in [-0.15, -0.1) is 6.42 Å². The van der Waals surface area contributed by atoms with Gasteiger partial charge in [0.2, 0.25) is 0 Å². The molecule has 0 saturated heterocycles. The summed E-state index contributed by atoms with van der Waals surface area (Å²) in [6.07, 6.45) is 0.798. The third-order valence-electron chi connectivity index (χ3n) is 2.72. The van der Waals surface area contributed by atoms with Crippen LogP contribution in [0.15, 0.2) is 23.2 Å². The number of guanidine groups is 1. The van der Waals surface area contributed by atoms with Crippen LogP contribution in [-0.4, -0.2) is 31.8 Å². The first-order valence-electron chi connectivity index (χ1n) is 7.10. The summed E-state index contributed by atoms with van der Waals surface area (Å²) in [7, 11) is 0. The molecule has 0 unspecified atom stereocenters. The summed E-state index contributed by atoms with van der Waals surface area (Å²) in [5, 5.41) is 5.91. The second-order valence-corrected chi connectivity index (χ2v) is 4.77. The Morgan fingerprint density at radius 2 is 2.09 bits per heavy atom. The van der Waals surface area contributed by atoms with E-state index in [2.05, 4.69) is 21.5 Å². The van der Waals surface area contributed by atoms with Crippen molar-refractivity contribution >= 4 is 5.96 Å². The number of nitrogens with one attached hydrogen (secondary N) is 2. The zero-order chi connectivity index (χ0) is 17.3. The van der Waals surface area contributed by atoms with E-state index in [1.807, 2.05) is 6.92 Å². The van der Waals surface area contributed by atoms with Crippen LogP contribution in [-0.2, 0) is 6.54 Å². The fourth-order valence-corrected chi connectivity index (χ4v) is 1.73. The van der Waals surface area contributed by atoms with Gasteiger partial charge in [0.15, 0.2) is 12.6 Å². The third-order valence-corrected chi connectivity index (χ3v) is 2.72. The predicted octanol–water partition coefficient (Wildman–Crippen LogP) is 2.62. The molecular weight excluding hydrogens is 307 g/mol. The summed E-state index contributed by atoms with van der Waals surface area (Å²) >= 11 is 0. The average molecular weight is 327 g/mol. The first-order valence-corrected chi connectivity index (χ1v) is 7.10. The van der Waals surface area contributed by atoms with Gasteiger partial charge in [0.05, 0.1) is 13.1 Å². The smallest absolute Gasteiger partial charge is 0.422 e. The summed E-state index contributed by atoms with van der Waals surface area (Å²) < 4.78 is 41.9. The molecule has 1 aromatic carbocycles. The second kappa shape index (κ2) is 8.93. The van der Waals surface area contributed by atoms with Crippen molar-refractivity contribution in [2.45, 2.75) is 26.6 Å². The molecule has 0 radical (unpaired) electrons. The molecule has 0 aliphatic heterocycles. The number of terminal acetylenes is 1. The van der Waals surface area contributed by atoms with Gasteiger partial charge in [0, 0.05) is 12.1 Å². The van der Waals surface area contributed by atoms with Crippen LogP contribution in [0.3, 0.4) is 0 Å². The number of benzene rings is 1. The SMILES string of the molecule is C#CCNC(=NCc1ccc(C)cc1OCC(F)(F)F)NCC. The molecule has 2 N–H and O–H groups in total. The van der Waals surface area contributed by atoms with Crippen molar-refractivity contribution in [3.63, 3.8) is 0 Å². The number of nitrogens with zero attached hydrogens (tertiary/aromatic N) is 1. The minimum absolute atomic E-state index is 0.174. The first-order chi connectivity index (χ1) is 10.9. The van der Waals surface area contributed by atoms with Gasteiger partial charge in [0.25, 0.3) is 0 Å². The molecule has 1 aromatic rings. The van der Waals surface area contributed by atoms with Crippen LogP contribution in [0.1, 0.15) is 18.1 Å². The van der Waals surface area contributed by atoms with Crippen molar-refractivity contribution in [2.24, 2.45) is 4.99 Å². The lowest BCUT2D eigenvalue weighted by molar-refractivity contribution is -0.153. The highest BCUT2D eigenvalue weighted by Crippen LogP contribution is 2.24. The number of aryl methyl sites for hydroxylation is 1. The molecule has 0 aromatic heterocycles. The van der Waals surface area contributed by atoms with Crippen LogP contribution in [0.4, 0.5) is 13.2 Å². The lowest BCUT2D eigenvalue weighted by Gasteiger charge is -2.14. The van der Waals surface area contributed by atoms with Gasteiger partial charge in [-0.2, -0.15) is 13.2 Å². The van der Waals surface area contributed by atoms with Gasteiger partial charge < -0.3 is 15.4 Å². The highest BCUT2D eigenvalue weighted by atomic mass is 19.4. The maximum Gasteiger partial charge on any atom is 0.422 e. The fraction of sp³-hybridized carbons (Fsp3) is 0.438. The minimum atomic E-state index is -4.38. The molecule has 0 aliphatic rings. The molecule has 0 saturated carbocycles. The number of halogens is 3. The van der Waals surface area contributed by atoms with E-state index in [1.54, 1.807) is 25.1 Å². The van der Waals surface area contributed by atoms with Crippen LogP contribution in [0.5, 0.6) is 5.75 Å². The zero-order valence-electron chi connectivity index (χ0n) is 13.1. The number of rotatable bonds is 6. The van der Waals surface area contributed by atoms with Gasteiger partial charge >= 0.3 is 6.18 Å². The van der Waals surface area contributed by atoms with Crippen molar-refractivity contribution in [2.75, 3.05) is 19.7 Å². The van der Waals surface area contributed by atoms with Crippen molar-refractivity contribution in [3.05, 3.63) is 29.3 Å². The Hall–Kier alpha value is -2.36. The maximum atomic E-state index is 12.3. The Balaban J connectivity index is 2.87. The molecule has 7 heteroatoms. The predicted molar refractivity (Wildman–Crippen MR) is 84.4 cm³/mol. The molecular formula is C16H20F3N3O. The number of hydrogen-bond donors (Lipinski definition) is 2. The zero-order valence-corrected chi connectivity index (χ0v) is 13.1. The maximum absolute atomic E-state index is 12.3. The van der Waals surface area contributed by atoms with Crippen molar-refractivity contribution < 1.29 is 17.9 Å². The molecule has 0 amide bonds. The summed E-state index contributed by atoms with van der Waals surface area (Å²) in [4.78, 5) is 4.29. The topological polar surface area (TPSA) is 45.7 Å². The summed E-state index contributed by atoms with van der Waals surface area (Å²) in [5.74, 6) is 3.10. The highest BCUT2D eigenvalue weighted by molar-refractivity contribution is 5.80. The second-order valence-electron chi connectivity index (χ2n) is 4.77. The number of ether oxygens (including phenoxy) is 1. The number of hydrogen-bond acceptors (Lipinski definition) is 2. The fourth-order valence-electron chi connectivity index (χ4n) is 1.73. The van der Waals surface area contributed by atoms with E-state index in [4.69, 9.17) is 11.2 Å². The monoisotopic (exact) mass is 327 g/mol. The number of alkyl halides is 3. The standard InChI is InChI=1S/C16H20F3N3O/c1-4-8-21-15(20-5-2)22-10-13-7-6-12(3)9-14(13)23-11-16(17,18)19/h1,6-7,9H,5,8,10-11H2,2-3H3,(H2,20,21,22). The first kappa shape index (κ1) is 18.7. The Morgan fingerprint density at radius 1 is 1.35 bits per heavy atom. The van der Waals surface area contributed by atoms with Crippen LogP contribution < -0.4 is 15.4 Å². The van der Waals surface area contributed by atoms with E-state index in [0.29, 0.717) is 24.6 Å². The summed E-state index contributed by atoms with van der Waals surface area (Å²) in [5.41, 5.74) is 1.38. The molecule has 0 spiro atoms. The largest absolute Gasteiger partial charge is 0.484 e. The number of aliphatic imine (C=N–C) groups is 1. The van der Waals surface area contributed by atoms with Crippen LogP contribution in [0, 0.1) is 19.3 Å². The third kappa shape index (κ3) is 7.45. The normalized spacial score (nSPS) is 11.7. The molecule has 0 bridgehead atoms. The van der Waals surface area contributed by atoms with Crippen LogP contribution >= 0.6 is 0 Å². The molecule has 23 heavy (non-hydrogen) atoms. The quantitative estimate of drug-likeness (QED) is 0.480. The van der Waals surface area contributed by atoms with Crippen molar-refractivity contribution in [1.29, 1.82) is 0 Å². The van der Waals surface area contributed by atoms with Gasteiger partial charge in [-0.05, 0) is 25.5 Å². The van der Waals surface area contributed by atoms with Gasteiger partial charge in [0.1, 0.15) is 5.75 Å². The van der Waals surface area contributed by atoms with Gasteiger partial charge in [-0.25, -0.2) is 4.99 Å². The lowest BCUT2D eigenvalue weighted by atomic mass is 10.1. The summed E-state index contributed by atoms with van der Waals surface area (Å²) in [6.45, 7) is 3.47. The molecule has 0 aliphatic carbocycles. The van der Waals surface area contributed by atoms with Gasteiger partial charge in [-0.3, -0.25) is 0 Å². The Bertz CT molecular complexity index is 577. The Kier molecular flexibility index (Phi) is 7.26. The van der Waals surface area contributed by atoms with Crippen molar-refractivity contribution in [1.82, 2.24) is 10.6 Å². The molecule has 0 atom stereocenters. The summed E-state index contributed by atoms with van der Waals surface area (Å²) in [6, 6.07) is 5.07. The molecule has 0 heterocycles. The molecule has 1 rings (SSSR count). The van der Waals surface area contributed by atoms with E-state index in [0.717, 1.165) is 5.56 Å². The van der Waals surface area contributed by atoms with E-state index in [-0.39, 0.29) is 12.3 Å². The van der Waals surface area contributed by atoms with Crippen LogP contribution in [0.25, 0.3) is 0 Å². The molecule has 126 valence electrons. The average Bonchev–Trinajstić information content (AvgIpc) is 2.48. The highest BCUT2D eigenvalue weighted by Gasteiger charge is 2.28. The van der Waals surface area contributed by atoms with E-state index in [1.165, 1.54) is 0 Å². The van der Waals surface area contributed by atoms with E-state index in [9.17, 15) is 13.2 Å². The van der Waals surface area contributed by atoms with Gasteiger partial charge in [-0.1, -0.05) is 18.1 Å². The molecule has 0 fully saturated rings. The van der Waals surface area contributed by atoms with Crippen LogP contribution in [0.2, 0.25) is 0 Å². The van der Waals surface area contributed by atoms with Crippen molar-refractivity contribution in [3.8, 4) is 18.1 Å². The Labute approximate surface area is 134 Å². The Morgan fingerprint density at radius 3 is 2.70 bits per heavy atom. The van der Waals surface area contributed by atoms with E-state index >= 15 is 0 Å². The minimum Gasteiger partial charge on any atom is -0.484 e. The van der Waals surface area contributed by atoms with E-state index < -0.39 is 12.8 Å². The molecule has 4 nitrogen and oxygen atoms in total.